The number of methoxy groups -OCH3 is 2. The minimum Gasteiger partial charge on any atom is -0.493 e. The molecule has 190 valence electrons. The maximum atomic E-state index is 12.2. The van der Waals surface area contributed by atoms with Gasteiger partial charge in [-0.15, -0.1) is 0 Å². The molecule has 0 saturated carbocycles. The van der Waals surface area contributed by atoms with Gasteiger partial charge in [0, 0.05) is 37.9 Å². The third-order valence-electron chi connectivity index (χ3n) is 6.36. The standard InChI is InChI=1S/C30H37N3O3/c1-23(33(2)20-17-25-12-15-28(35-3)29(21-25)36-4)16-19-32-30(34)9-5-7-24-10-13-26(14-11-24)27-8-6-18-31-22-27/h5-8,10-15,18,21-23H,9,16-17,19-20H2,1-4H3,(H,32,34). The second-order valence-electron chi connectivity index (χ2n) is 8.88. The first-order valence-electron chi connectivity index (χ1n) is 12.3. The molecule has 0 fully saturated rings. The van der Waals surface area contributed by atoms with E-state index in [9.17, 15) is 4.79 Å². The van der Waals surface area contributed by atoms with Crippen LogP contribution in [0.25, 0.3) is 17.2 Å². The van der Waals surface area contributed by atoms with Crippen LogP contribution in [0.3, 0.4) is 0 Å². The van der Waals surface area contributed by atoms with Crippen molar-refractivity contribution in [2.75, 3.05) is 34.4 Å². The molecule has 1 heterocycles. The third kappa shape index (κ3) is 8.24. The summed E-state index contributed by atoms with van der Waals surface area (Å²) < 4.78 is 10.7. The van der Waals surface area contributed by atoms with E-state index < -0.39 is 0 Å². The lowest BCUT2D eigenvalue weighted by Crippen LogP contribution is -2.35. The van der Waals surface area contributed by atoms with Crippen molar-refractivity contribution in [3.63, 3.8) is 0 Å². The molecule has 0 bridgehead atoms. The van der Waals surface area contributed by atoms with Crippen molar-refractivity contribution in [2.45, 2.75) is 32.2 Å². The molecule has 0 aliphatic carbocycles. The van der Waals surface area contributed by atoms with Crippen LogP contribution in [0.1, 0.15) is 30.9 Å². The highest BCUT2D eigenvalue weighted by Gasteiger charge is 2.11. The first kappa shape index (κ1) is 27.0. The Balaban J connectivity index is 1.35. The number of carbonyl (C=O) groups excluding carboxylic acids is 1. The van der Waals surface area contributed by atoms with Crippen molar-refractivity contribution >= 4 is 12.0 Å². The smallest absolute Gasteiger partial charge is 0.223 e. The number of rotatable bonds is 13. The molecule has 36 heavy (non-hydrogen) atoms. The fourth-order valence-electron chi connectivity index (χ4n) is 3.90. The number of benzene rings is 2. The maximum Gasteiger partial charge on any atom is 0.223 e. The van der Waals surface area contributed by atoms with Gasteiger partial charge < -0.3 is 19.7 Å². The zero-order chi connectivity index (χ0) is 25.8. The van der Waals surface area contributed by atoms with Gasteiger partial charge in [0.1, 0.15) is 0 Å². The summed E-state index contributed by atoms with van der Waals surface area (Å²) in [5.41, 5.74) is 4.49. The Morgan fingerprint density at radius 2 is 1.83 bits per heavy atom. The van der Waals surface area contributed by atoms with E-state index in [0.29, 0.717) is 19.0 Å². The Kier molecular flexibility index (Phi) is 10.5. The van der Waals surface area contributed by atoms with E-state index in [0.717, 1.165) is 47.6 Å². The number of ether oxygens (including phenoxy) is 2. The Labute approximate surface area is 215 Å². The van der Waals surface area contributed by atoms with Gasteiger partial charge in [-0.2, -0.15) is 0 Å². The van der Waals surface area contributed by atoms with E-state index in [1.807, 2.05) is 42.6 Å². The summed E-state index contributed by atoms with van der Waals surface area (Å²) >= 11 is 0. The number of carbonyl (C=O) groups is 1. The first-order chi connectivity index (χ1) is 17.5. The number of likely N-dealkylation sites (N-methyl/N-ethyl adjacent to an activating group) is 1. The summed E-state index contributed by atoms with van der Waals surface area (Å²) in [6.07, 6.45) is 9.70. The van der Waals surface area contributed by atoms with Gasteiger partial charge in [0.25, 0.3) is 0 Å². The number of hydrogen-bond donors (Lipinski definition) is 1. The Hall–Kier alpha value is -3.64. The van der Waals surface area contributed by atoms with Crippen LogP contribution in [0.15, 0.2) is 73.1 Å². The second-order valence-corrected chi connectivity index (χ2v) is 8.88. The van der Waals surface area contributed by atoms with E-state index in [1.165, 1.54) is 5.56 Å². The second kappa shape index (κ2) is 14.0. The van der Waals surface area contributed by atoms with Crippen molar-refractivity contribution in [3.05, 3.63) is 84.2 Å². The Bertz CT molecular complexity index is 1110. The normalized spacial score (nSPS) is 12.0. The van der Waals surface area contributed by atoms with Crippen molar-refractivity contribution in [1.82, 2.24) is 15.2 Å². The molecule has 2 aromatic carbocycles. The summed E-state index contributed by atoms with van der Waals surface area (Å²) in [5, 5.41) is 3.03. The van der Waals surface area contributed by atoms with Crippen LogP contribution in [0.4, 0.5) is 0 Å². The van der Waals surface area contributed by atoms with Crippen molar-refractivity contribution < 1.29 is 14.3 Å². The maximum absolute atomic E-state index is 12.2. The van der Waals surface area contributed by atoms with Crippen molar-refractivity contribution in [3.8, 4) is 22.6 Å². The molecule has 1 amide bonds. The number of pyridine rings is 1. The largest absolute Gasteiger partial charge is 0.493 e. The lowest BCUT2D eigenvalue weighted by molar-refractivity contribution is -0.120. The predicted molar refractivity (Wildman–Crippen MR) is 146 cm³/mol. The van der Waals surface area contributed by atoms with Gasteiger partial charge in [0.05, 0.1) is 14.2 Å². The predicted octanol–water partition coefficient (Wildman–Crippen LogP) is 5.24. The Morgan fingerprint density at radius 3 is 2.53 bits per heavy atom. The van der Waals surface area contributed by atoms with Crippen LogP contribution in [0, 0.1) is 0 Å². The Morgan fingerprint density at radius 1 is 1.06 bits per heavy atom. The fraction of sp³-hybridized carbons (Fsp3) is 0.333. The van der Waals surface area contributed by atoms with E-state index in [2.05, 4.69) is 59.5 Å². The average molecular weight is 488 g/mol. The average Bonchev–Trinajstić information content (AvgIpc) is 2.92. The van der Waals surface area contributed by atoms with Gasteiger partial charge in [-0.05, 0) is 67.3 Å². The SMILES string of the molecule is COc1ccc(CCN(C)C(C)CCNC(=O)CC=Cc2ccc(-c3cccnc3)cc2)cc1OC. The van der Waals surface area contributed by atoms with Gasteiger partial charge in [-0.1, -0.05) is 48.6 Å². The lowest BCUT2D eigenvalue weighted by Gasteiger charge is -2.25. The molecular weight excluding hydrogens is 450 g/mol. The number of hydrogen-bond acceptors (Lipinski definition) is 5. The molecule has 0 saturated heterocycles. The molecule has 3 rings (SSSR count). The van der Waals surface area contributed by atoms with E-state index in [1.54, 1.807) is 20.4 Å². The summed E-state index contributed by atoms with van der Waals surface area (Å²) in [6.45, 7) is 3.77. The molecule has 1 N–H and O–H groups in total. The van der Waals surface area contributed by atoms with Crippen molar-refractivity contribution in [2.24, 2.45) is 0 Å². The van der Waals surface area contributed by atoms with Gasteiger partial charge in [0.15, 0.2) is 11.5 Å². The molecule has 6 nitrogen and oxygen atoms in total. The van der Waals surface area contributed by atoms with Crippen LogP contribution in [-0.2, 0) is 11.2 Å². The molecule has 0 radical (unpaired) electrons. The van der Waals surface area contributed by atoms with Crippen LogP contribution in [-0.4, -0.2) is 56.2 Å². The monoisotopic (exact) mass is 487 g/mol. The highest BCUT2D eigenvalue weighted by Crippen LogP contribution is 2.27. The topological polar surface area (TPSA) is 63.7 Å². The summed E-state index contributed by atoms with van der Waals surface area (Å²) in [4.78, 5) is 18.7. The molecule has 0 spiro atoms. The summed E-state index contributed by atoms with van der Waals surface area (Å²) in [7, 11) is 5.42. The van der Waals surface area contributed by atoms with Gasteiger partial charge in [0.2, 0.25) is 5.91 Å². The van der Waals surface area contributed by atoms with Gasteiger partial charge >= 0.3 is 0 Å². The van der Waals surface area contributed by atoms with E-state index in [4.69, 9.17) is 9.47 Å². The van der Waals surface area contributed by atoms with Gasteiger partial charge in [-0.25, -0.2) is 0 Å². The molecule has 0 aliphatic rings. The van der Waals surface area contributed by atoms with Crippen LogP contribution in [0.2, 0.25) is 0 Å². The zero-order valence-electron chi connectivity index (χ0n) is 21.7. The van der Waals surface area contributed by atoms with E-state index >= 15 is 0 Å². The van der Waals surface area contributed by atoms with E-state index in [-0.39, 0.29) is 5.91 Å². The molecular formula is C30H37N3O3. The van der Waals surface area contributed by atoms with Crippen molar-refractivity contribution in [1.29, 1.82) is 0 Å². The molecule has 1 unspecified atom stereocenters. The molecule has 1 aromatic heterocycles. The molecule has 6 heteroatoms. The number of nitrogens with zero attached hydrogens (tertiary/aromatic N) is 2. The van der Waals surface area contributed by atoms with Gasteiger partial charge in [-0.3, -0.25) is 9.78 Å². The zero-order valence-corrected chi connectivity index (χ0v) is 21.7. The fourth-order valence-corrected chi connectivity index (χ4v) is 3.90. The quantitative estimate of drug-likeness (QED) is 0.357. The summed E-state index contributed by atoms with van der Waals surface area (Å²) in [5.74, 6) is 1.54. The molecule has 3 aromatic rings. The number of aromatic nitrogens is 1. The molecule has 0 aliphatic heterocycles. The van der Waals surface area contributed by atoms with Crippen LogP contribution in [0.5, 0.6) is 11.5 Å². The molecule has 1 atom stereocenters. The number of amides is 1. The third-order valence-corrected chi connectivity index (χ3v) is 6.36. The first-order valence-corrected chi connectivity index (χ1v) is 12.3. The highest BCUT2D eigenvalue weighted by atomic mass is 16.5. The summed E-state index contributed by atoms with van der Waals surface area (Å²) in [6, 6.07) is 18.6. The lowest BCUT2D eigenvalue weighted by atomic mass is 10.1. The van der Waals surface area contributed by atoms with Crippen LogP contribution < -0.4 is 14.8 Å². The van der Waals surface area contributed by atoms with Crippen LogP contribution >= 0.6 is 0 Å². The number of nitrogens with one attached hydrogen (secondary N) is 1. The minimum absolute atomic E-state index is 0.0402. The highest BCUT2D eigenvalue weighted by molar-refractivity contribution is 5.78. The minimum atomic E-state index is 0.0402.